The summed E-state index contributed by atoms with van der Waals surface area (Å²) in [6, 6.07) is 6.82. The van der Waals surface area contributed by atoms with Crippen molar-refractivity contribution in [1.82, 2.24) is 10.2 Å². The fourth-order valence-corrected chi connectivity index (χ4v) is 3.56. The SMILES string of the molecule is CS(=O)(=O)Nc1cccc(C(=O)N2CCC(C(=O)NC3CC3)CC2)c1. The highest BCUT2D eigenvalue weighted by Crippen LogP contribution is 2.24. The molecule has 2 fully saturated rings. The van der Waals surface area contributed by atoms with Crippen LogP contribution >= 0.6 is 0 Å². The van der Waals surface area contributed by atoms with Gasteiger partial charge in [0.15, 0.2) is 0 Å². The fraction of sp³-hybridized carbons (Fsp3) is 0.529. The Morgan fingerprint density at radius 2 is 1.80 bits per heavy atom. The summed E-state index contributed by atoms with van der Waals surface area (Å²) in [4.78, 5) is 26.4. The average molecular weight is 365 g/mol. The number of carbonyl (C=O) groups is 2. The van der Waals surface area contributed by atoms with Gasteiger partial charge >= 0.3 is 0 Å². The van der Waals surface area contributed by atoms with Gasteiger partial charge in [0.25, 0.3) is 5.91 Å². The molecule has 0 radical (unpaired) electrons. The second-order valence-electron chi connectivity index (χ2n) is 6.80. The minimum Gasteiger partial charge on any atom is -0.353 e. The summed E-state index contributed by atoms with van der Waals surface area (Å²) < 4.78 is 25.0. The van der Waals surface area contributed by atoms with E-state index in [0.29, 0.717) is 43.2 Å². The van der Waals surface area contributed by atoms with Crippen molar-refractivity contribution in [2.75, 3.05) is 24.1 Å². The van der Waals surface area contributed by atoms with Gasteiger partial charge in [-0.05, 0) is 43.9 Å². The third-order valence-electron chi connectivity index (χ3n) is 4.49. The Bertz CT molecular complexity index is 766. The van der Waals surface area contributed by atoms with Crippen molar-refractivity contribution in [1.29, 1.82) is 0 Å². The van der Waals surface area contributed by atoms with Crippen LogP contribution in [0.15, 0.2) is 24.3 Å². The van der Waals surface area contributed by atoms with E-state index in [1.54, 1.807) is 23.1 Å². The van der Waals surface area contributed by atoms with Gasteiger partial charge in [-0.3, -0.25) is 14.3 Å². The molecule has 0 bridgehead atoms. The Hall–Kier alpha value is -2.09. The zero-order chi connectivity index (χ0) is 18.0. The van der Waals surface area contributed by atoms with Crippen LogP contribution in [0.1, 0.15) is 36.0 Å². The van der Waals surface area contributed by atoms with Crippen molar-refractivity contribution in [3.05, 3.63) is 29.8 Å². The number of hydrogen-bond acceptors (Lipinski definition) is 4. The van der Waals surface area contributed by atoms with Crippen LogP contribution < -0.4 is 10.0 Å². The molecule has 1 aliphatic heterocycles. The lowest BCUT2D eigenvalue weighted by molar-refractivity contribution is -0.126. The first kappa shape index (κ1) is 17.7. The monoisotopic (exact) mass is 365 g/mol. The Morgan fingerprint density at radius 3 is 2.40 bits per heavy atom. The zero-order valence-corrected chi connectivity index (χ0v) is 15.0. The highest BCUT2D eigenvalue weighted by atomic mass is 32.2. The number of sulfonamides is 1. The van der Waals surface area contributed by atoms with E-state index in [1.165, 1.54) is 6.07 Å². The quantitative estimate of drug-likeness (QED) is 0.819. The van der Waals surface area contributed by atoms with Crippen LogP contribution in [-0.2, 0) is 14.8 Å². The summed E-state index contributed by atoms with van der Waals surface area (Å²) in [5.74, 6) is -0.0602. The Morgan fingerprint density at radius 1 is 1.12 bits per heavy atom. The molecule has 1 saturated carbocycles. The second-order valence-corrected chi connectivity index (χ2v) is 8.55. The van der Waals surface area contributed by atoms with E-state index in [-0.39, 0.29) is 17.7 Å². The van der Waals surface area contributed by atoms with Crippen molar-refractivity contribution >= 4 is 27.5 Å². The summed E-state index contributed by atoms with van der Waals surface area (Å²) in [5.41, 5.74) is 0.807. The van der Waals surface area contributed by atoms with Gasteiger partial charge in [-0.15, -0.1) is 0 Å². The maximum atomic E-state index is 12.6. The number of anilines is 1. The topological polar surface area (TPSA) is 95.6 Å². The minimum atomic E-state index is -3.39. The van der Waals surface area contributed by atoms with Crippen molar-refractivity contribution in [2.24, 2.45) is 5.92 Å². The molecular weight excluding hydrogens is 342 g/mol. The Kier molecular flexibility index (Phi) is 4.99. The van der Waals surface area contributed by atoms with Crippen molar-refractivity contribution in [3.8, 4) is 0 Å². The van der Waals surface area contributed by atoms with Crippen LogP contribution in [0.3, 0.4) is 0 Å². The average Bonchev–Trinajstić information content (AvgIpc) is 3.37. The molecule has 2 amide bonds. The van der Waals surface area contributed by atoms with Crippen LogP contribution in [0, 0.1) is 5.92 Å². The molecule has 0 atom stereocenters. The van der Waals surface area contributed by atoms with Crippen LogP contribution in [0.4, 0.5) is 5.69 Å². The molecule has 2 N–H and O–H groups in total. The maximum absolute atomic E-state index is 12.6. The molecule has 0 aromatic heterocycles. The lowest BCUT2D eigenvalue weighted by Crippen LogP contribution is -2.43. The van der Waals surface area contributed by atoms with Gasteiger partial charge in [0.1, 0.15) is 0 Å². The number of piperidine rings is 1. The molecule has 7 nitrogen and oxygen atoms in total. The van der Waals surface area contributed by atoms with Gasteiger partial charge in [0.05, 0.1) is 6.26 Å². The Balaban J connectivity index is 1.58. The highest BCUT2D eigenvalue weighted by Gasteiger charge is 2.31. The van der Waals surface area contributed by atoms with Crippen LogP contribution in [0.2, 0.25) is 0 Å². The first-order valence-electron chi connectivity index (χ1n) is 8.49. The van der Waals surface area contributed by atoms with Crippen molar-refractivity contribution in [3.63, 3.8) is 0 Å². The summed E-state index contributed by atoms with van der Waals surface area (Å²) in [7, 11) is -3.39. The second kappa shape index (κ2) is 7.03. The fourth-order valence-electron chi connectivity index (χ4n) is 3.00. The first-order chi connectivity index (χ1) is 11.8. The first-order valence-corrected chi connectivity index (χ1v) is 10.4. The van der Waals surface area contributed by atoms with E-state index in [9.17, 15) is 18.0 Å². The number of hydrogen-bond donors (Lipinski definition) is 2. The number of rotatable bonds is 5. The smallest absolute Gasteiger partial charge is 0.253 e. The number of carbonyl (C=O) groups excluding carboxylic acids is 2. The predicted molar refractivity (Wildman–Crippen MR) is 94.7 cm³/mol. The van der Waals surface area contributed by atoms with Gasteiger partial charge in [-0.25, -0.2) is 8.42 Å². The predicted octanol–water partition coefficient (Wildman–Crippen LogP) is 1.19. The van der Waals surface area contributed by atoms with Gasteiger partial charge in [0.2, 0.25) is 15.9 Å². The van der Waals surface area contributed by atoms with E-state index in [2.05, 4.69) is 10.0 Å². The summed E-state index contributed by atoms with van der Waals surface area (Å²) in [5, 5.41) is 3.02. The highest BCUT2D eigenvalue weighted by molar-refractivity contribution is 7.92. The molecule has 0 spiro atoms. The zero-order valence-electron chi connectivity index (χ0n) is 14.2. The summed E-state index contributed by atoms with van der Waals surface area (Å²) in [6.07, 6.45) is 4.53. The molecule has 2 aliphatic rings. The van der Waals surface area contributed by atoms with Gasteiger partial charge in [-0.1, -0.05) is 6.07 Å². The van der Waals surface area contributed by atoms with E-state index >= 15 is 0 Å². The maximum Gasteiger partial charge on any atom is 0.253 e. The third-order valence-corrected chi connectivity index (χ3v) is 5.10. The van der Waals surface area contributed by atoms with Crippen LogP contribution in [0.25, 0.3) is 0 Å². The number of likely N-dealkylation sites (tertiary alicyclic amines) is 1. The molecule has 1 aromatic rings. The minimum absolute atomic E-state index is 0.0251. The molecule has 1 aromatic carbocycles. The van der Waals surface area contributed by atoms with Gasteiger partial charge < -0.3 is 10.2 Å². The molecule has 136 valence electrons. The number of benzene rings is 1. The molecule has 0 unspecified atom stereocenters. The lowest BCUT2D eigenvalue weighted by Gasteiger charge is -2.31. The van der Waals surface area contributed by atoms with Gasteiger partial charge in [-0.2, -0.15) is 0 Å². The molecule has 1 heterocycles. The summed E-state index contributed by atoms with van der Waals surface area (Å²) >= 11 is 0. The number of nitrogens with zero attached hydrogens (tertiary/aromatic N) is 1. The van der Waals surface area contributed by atoms with Crippen LogP contribution in [-0.4, -0.2) is 50.5 Å². The molecule has 8 heteroatoms. The van der Waals surface area contributed by atoms with E-state index in [1.807, 2.05) is 0 Å². The number of nitrogens with one attached hydrogen (secondary N) is 2. The molecule has 1 aliphatic carbocycles. The molecular formula is C17H23N3O4S. The largest absolute Gasteiger partial charge is 0.353 e. The Labute approximate surface area is 147 Å². The van der Waals surface area contributed by atoms with E-state index in [4.69, 9.17) is 0 Å². The molecule has 25 heavy (non-hydrogen) atoms. The van der Waals surface area contributed by atoms with Gasteiger partial charge in [0, 0.05) is 36.3 Å². The van der Waals surface area contributed by atoms with E-state index < -0.39 is 10.0 Å². The number of amides is 2. The molecule has 1 saturated heterocycles. The summed E-state index contributed by atoms with van der Waals surface area (Å²) in [6.45, 7) is 1.07. The van der Waals surface area contributed by atoms with Crippen LogP contribution in [0.5, 0.6) is 0 Å². The third kappa shape index (κ3) is 4.94. The van der Waals surface area contributed by atoms with Crippen molar-refractivity contribution in [2.45, 2.75) is 31.7 Å². The standard InChI is InChI=1S/C17H23N3O4S/c1-25(23,24)19-15-4-2-3-13(11-15)17(22)20-9-7-12(8-10-20)16(21)18-14-5-6-14/h2-4,11-12,14,19H,5-10H2,1H3,(H,18,21). The lowest BCUT2D eigenvalue weighted by atomic mass is 9.95. The van der Waals surface area contributed by atoms with Crippen molar-refractivity contribution < 1.29 is 18.0 Å². The molecule has 3 rings (SSSR count). The van der Waals surface area contributed by atoms with E-state index in [0.717, 1.165) is 19.1 Å². The normalized spacial score (nSPS) is 18.7.